The number of nitrogens with zero attached hydrogens (tertiary/aromatic N) is 1. The maximum Gasteiger partial charge on any atom is 0.235 e. The summed E-state index contributed by atoms with van der Waals surface area (Å²) in [5.41, 5.74) is 1.07. The second-order valence-corrected chi connectivity index (χ2v) is 2.38. The highest BCUT2D eigenvalue weighted by Crippen LogP contribution is 2.24. The molecule has 0 saturated heterocycles. The number of hydrogen-bond donors (Lipinski definition) is 1. The van der Waals surface area contributed by atoms with E-state index in [0.29, 0.717) is 12.3 Å². The van der Waals surface area contributed by atoms with Gasteiger partial charge in [-0.1, -0.05) is 23.4 Å². The average molecular weight is 149 g/mol. The largest absolute Gasteiger partial charge is 0.439 e. The zero-order valence-electron chi connectivity index (χ0n) is 5.82. The maximum atomic E-state index is 8.40. The summed E-state index contributed by atoms with van der Waals surface area (Å²) >= 11 is 0. The molecule has 0 fully saturated rings. The van der Waals surface area contributed by atoms with E-state index >= 15 is 0 Å². The molecule has 0 unspecified atom stereocenters. The van der Waals surface area contributed by atoms with Crippen LogP contribution in [0, 0.1) is 0 Å². The molecule has 3 heteroatoms. The lowest BCUT2D eigenvalue weighted by molar-refractivity contribution is 0.304. The van der Waals surface area contributed by atoms with Crippen LogP contribution in [0.2, 0.25) is 0 Å². The maximum absolute atomic E-state index is 8.40. The monoisotopic (exact) mass is 149 g/mol. The van der Waals surface area contributed by atoms with Crippen LogP contribution in [0.15, 0.2) is 29.4 Å². The first-order valence-corrected chi connectivity index (χ1v) is 3.37. The van der Waals surface area contributed by atoms with Gasteiger partial charge in [0.15, 0.2) is 0 Å². The van der Waals surface area contributed by atoms with Crippen molar-refractivity contribution in [1.82, 2.24) is 0 Å². The second kappa shape index (κ2) is 2.27. The molecule has 2 rings (SSSR count). The highest BCUT2D eigenvalue weighted by atomic mass is 16.5. The first kappa shape index (κ1) is 6.22. The molecule has 0 radical (unpaired) electrons. The Kier molecular flexibility index (Phi) is 1.28. The van der Waals surface area contributed by atoms with Crippen LogP contribution in [0.4, 0.5) is 0 Å². The van der Waals surface area contributed by atoms with Gasteiger partial charge in [0.05, 0.1) is 6.42 Å². The Morgan fingerprint density at radius 2 is 2.18 bits per heavy atom. The first-order chi connectivity index (χ1) is 5.40. The molecule has 0 bridgehead atoms. The van der Waals surface area contributed by atoms with Gasteiger partial charge < -0.3 is 9.94 Å². The minimum atomic E-state index is 0.367. The van der Waals surface area contributed by atoms with E-state index < -0.39 is 0 Å². The highest BCUT2D eigenvalue weighted by Gasteiger charge is 2.17. The Bertz CT molecular complexity index is 280. The Balaban J connectivity index is 2.41. The minimum Gasteiger partial charge on any atom is -0.439 e. The van der Waals surface area contributed by atoms with Gasteiger partial charge in [-0.05, 0) is 6.07 Å². The highest BCUT2D eigenvalue weighted by molar-refractivity contribution is 5.85. The van der Waals surface area contributed by atoms with Crippen molar-refractivity contribution in [2.45, 2.75) is 6.42 Å². The number of ether oxygens (including phenoxy) is 1. The van der Waals surface area contributed by atoms with Gasteiger partial charge in [0, 0.05) is 5.56 Å². The van der Waals surface area contributed by atoms with Crippen molar-refractivity contribution < 1.29 is 9.94 Å². The van der Waals surface area contributed by atoms with Gasteiger partial charge in [-0.25, -0.2) is 0 Å². The van der Waals surface area contributed by atoms with Crippen molar-refractivity contribution in [2.75, 3.05) is 0 Å². The minimum absolute atomic E-state index is 0.367. The SMILES string of the molecule is O/N=C1/Cc2ccccc2O1. The van der Waals surface area contributed by atoms with Crippen LogP contribution in [-0.4, -0.2) is 11.1 Å². The fourth-order valence-corrected chi connectivity index (χ4v) is 1.13. The van der Waals surface area contributed by atoms with Gasteiger partial charge in [-0.15, -0.1) is 0 Å². The first-order valence-electron chi connectivity index (χ1n) is 3.37. The third-order valence-corrected chi connectivity index (χ3v) is 1.65. The van der Waals surface area contributed by atoms with Gasteiger partial charge in [-0.2, -0.15) is 0 Å². The van der Waals surface area contributed by atoms with Crippen LogP contribution in [0.25, 0.3) is 0 Å². The summed E-state index contributed by atoms with van der Waals surface area (Å²) in [5.74, 6) is 1.16. The number of benzene rings is 1. The van der Waals surface area contributed by atoms with Gasteiger partial charge in [-0.3, -0.25) is 0 Å². The molecule has 3 nitrogen and oxygen atoms in total. The lowest BCUT2D eigenvalue weighted by Crippen LogP contribution is -2.01. The second-order valence-electron chi connectivity index (χ2n) is 2.38. The van der Waals surface area contributed by atoms with Crippen LogP contribution >= 0.6 is 0 Å². The van der Waals surface area contributed by atoms with E-state index in [2.05, 4.69) is 5.16 Å². The summed E-state index contributed by atoms with van der Waals surface area (Å²) in [6.45, 7) is 0. The Morgan fingerprint density at radius 1 is 1.36 bits per heavy atom. The number of rotatable bonds is 0. The molecule has 0 aliphatic carbocycles. The molecule has 1 aliphatic heterocycles. The van der Waals surface area contributed by atoms with E-state index in [0.717, 1.165) is 11.3 Å². The third-order valence-electron chi connectivity index (χ3n) is 1.65. The van der Waals surface area contributed by atoms with Crippen molar-refractivity contribution in [3.8, 4) is 5.75 Å². The number of para-hydroxylation sites is 1. The molecule has 56 valence electrons. The summed E-state index contributed by atoms with van der Waals surface area (Å²) in [6.07, 6.45) is 0.590. The quantitative estimate of drug-likeness (QED) is 0.447. The van der Waals surface area contributed by atoms with E-state index in [4.69, 9.17) is 9.94 Å². The predicted octanol–water partition coefficient (Wildman–Crippen LogP) is 1.41. The van der Waals surface area contributed by atoms with Crippen LogP contribution in [0.1, 0.15) is 5.56 Å². The van der Waals surface area contributed by atoms with Crippen molar-refractivity contribution in [3.63, 3.8) is 0 Å². The Morgan fingerprint density at radius 3 is 2.91 bits per heavy atom. The zero-order valence-corrected chi connectivity index (χ0v) is 5.82. The molecule has 1 aliphatic rings. The molecule has 1 aromatic carbocycles. The summed E-state index contributed by atoms with van der Waals surface area (Å²) in [7, 11) is 0. The zero-order chi connectivity index (χ0) is 7.68. The molecule has 1 heterocycles. The Labute approximate surface area is 63.9 Å². The molecule has 0 atom stereocenters. The van der Waals surface area contributed by atoms with Crippen molar-refractivity contribution in [3.05, 3.63) is 29.8 Å². The van der Waals surface area contributed by atoms with Crippen LogP contribution in [0.3, 0.4) is 0 Å². The van der Waals surface area contributed by atoms with Gasteiger partial charge in [0.2, 0.25) is 5.90 Å². The van der Waals surface area contributed by atoms with Crippen molar-refractivity contribution in [2.24, 2.45) is 5.16 Å². The van der Waals surface area contributed by atoms with Crippen molar-refractivity contribution in [1.29, 1.82) is 0 Å². The smallest absolute Gasteiger partial charge is 0.235 e. The normalized spacial score (nSPS) is 18.0. The molecule has 0 saturated carbocycles. The fraction of sp³-hybridized carbons (Fsp3) is 0.125. The van der Waals surface area contributed by atoms with E-state index in [1.54, 1.807) is 0 Å². The average Bonchev–Trinajstić information content (AvgIpc) is 2.46. The summed E-state index contributed by atoms with van der Waals surface area (Å²) in [5, 5.41) is 11.4. The topological polar surface area (TPSA) is 41.8 Å². The standard InChI is InChI=1S/C8H7NO2/c10-9-8-5-6-3-1-2-4-7(6)11-8/h1-4,10H,5H2/b9-8-. The number of fused-ring (bicyclic) bond motifs is 1. The summed E-state index contributed by atoms with van der Waals surface area (Å²) < 4.78 is 5.16. The molecule has 0 amide bonds. The fourth-order valence-electron chi connectivity index (χ4n) is 1.13. The Hall–Kier alpha value is -1.51. The lowest BCUT2D eigenvalue weighted by atomic mass is 10.2. The van der Waals surface area contributed by atoms with E-state index in [1.165, 1.54) is 0 Å². The number of hydrogen-bond acceptors (Lipinski definition) is 3. The molecule has 0 aromatic heterocycles. The third kappa shape index (κ3) is 0.941. The molecule has 11 heavy (non-hydrogen) atoms. The summed E-state index contributed by atoms with van der Waals surface area (Å²) in [4.78, 5) is 0. The van der Waals surface area contributed by atoms with Crippen LogP contribution < -0.4 is 4.74 Å². The van der Waals surface area contributed by atoms with E-state index in [1.807, 2.05) is 24.3 Å². The van der Waals surface area contributed by atoms with E-state index in [9.17, 15) is 0 Å². The van der Waals surface area contributed by atoms with Gasteiger partial charge in [0.1, 0.15) is 5.75 Å². The van der Waals surface area contributed by atoms with Crippen molar-refractivity contribution >= 4 is 5.90 Å². The lowest BCUT2D eigenvalue weighted by Gasteiger charge is -1.93. The van der Waals surface area contributed by atoms with Crippen LogP contribution in [-0.2, 0) is 6.42 Å². The molecule has 0 spiro atoms. The molecule has 1 N–H and O–H groups in total. The van der Waals surface area contributed by atoms with Gasteiger partial charge in [0.25, 0.3) is 0 Å². The summed E-state index contributed by atoms with van der Waals surface area (Å²) in [6, 6.07) is 7.63. The van der Waals surface area contributed by atoms with Gasteiger partial charge >= 0.3 is 0 Å². The molecule has 1 aromatic rings. The van der Waals surface area contributed by atoms with E-state index in [-0.39, 0.29) is 0 Å². The predicted molar refractivity (Wildman–Crippen MR) is 40.0 cm³/mol. The van der Waals surface area contributed by atoms with Crippen LogP contribution in [0.5, 0.6) is 5.75 Å². The molecular weight excluding hydrogens is 142 g/mol. The number of oxime groups is 1. The molecular formula is C8H7NO2.